The average Bonchev–Trinajstić information content (AvgIpc) is 3.03. The first kappa shape index (κ1) is 20.2. The number of hydrogen-bond donors (Lipinski definition) is 0. The Morgan fingerprint density at radius 1 is 1.10 bits per heavy atom. The summed E-state index contributed by atoms with van der Waals surface area (Å²) in [6.07, 6.45) is 4.07. The van der Waals surface area contributed by atoms with Crippen molar-refractivity contribution in [1.29, 1.82) is 0 Å². The molecule has 0 radical (unpaired) electrons. The number of fused-ring (bicyclic) bond motifs is 1. The summed E-state index contributed by atoms with van der Waals surface area (Å²) in [5.74, 6) is 1.49. The zero-order valence-corrected chi connectivity index (χ0v) is 17.3. The van der Waals surface area contributed by atoms with E-state index in [1.165, 1.54) is 36.7 Å². The van der Waals surface area contributed by atoms with Crippen LogP contribution in [0.25, 0.3) is 0 Å². The van der Waals surface area contributed by atoms with Gasteiger partial charge in [0.05, 0.1) is 12.4 Å². The molecule has 1 saturated heterocycles. The molecular formula is C23H26FNO3S. The van der Waals surface area contributed by atoms with Crippen LogP contribution in [-0.2, 0) is 21.9 Å². The molecule has 2 aromatic rings. The molecule has 1 amide bonds. The smallest absolute Gasteiger partial charge is 0.232 e. The first-order valence-electron chi connectivity index (χ1n) is 10.2. The molecule has 0 bridgehead atoms. The van der Waals surface area contributed by atoms with Crippen LogP contribution in [0.4, 0.5) is 4.39 Å². The number of halogens is 1. The number of carbonyl (C=O) groups excluding carboxylic acids is 1. The van der Waals surface area contributed by atoms with Crippen LogP contribution < -0.4 is 4.74 Å². The second kappa shape index (κ2) is 9.63. The fraction of sp³-hybridized carbons (Fsp3) is 0.435. The molecule has 0 saturated carbocycles. The molecule has 2 aromatic carbocycles. The van der Waals surface area contributed by atoms with Crippen molar-refractivity contribution in [3.05, 3.63) is 65.0 Å². The molecule has 0 spiro atoms. The Labute approximate surface area is 175 Å². The summed E-state index contributed by atoms with van der Waals surface area (Å²) >= 11 is 1.51. The van der Waals surface area contributed by atoms with Crippen molar-refractivity contribution in [2.45, 2.75) is 44.3 Å². The lowest BCUT2D eigenvalue weighted by molar-refractivity contribution is -0.128. The highest BCUT2D eigenvalue weighted by atomic mass is 32.2. The predicted octanol–water partition coefficient (Wildman–Crippen LogP) is 5.07. The van der Waals surface area contributed by atoms with E-state index in [1.54, 1.807) is 0 Å². The molecule has 1 atom stereocenters. The van der Waals surface area contributed by atoms with Crippen LogP contribution in [-0.4, -0.2) is 29.6 Å². The number of hydrogen-bond acceptors (Lipinski definition) is 4. The van der Waals surface area contributed by atoms with Gasteiger partial charge in [-0.3, -0.25) is 4.79 Å². The van der Waals surface area contributed by atoms with E-state index in [1.807, 2.05) is 35.2 Å². The van der Waals surface area contributed by atoms with Gasteiger partial charge in [-0.15, -0.1) is 11.8 Å². The monoisotopic (exact) mass is 415 g/mol. The number of nitrogens with zero attached hydrogens (tertiary/aromatic N) is 1. The second-order valence-corrected chi connectivity index (χ2v) is 8.50. The molecule has 29 heavy (non-hydrogen) atoms. The van der Waals surface area contributed by atoms with Crippen LogP contribution >= 0.6 is 11.8 Å². The van der Waals surface area contributed by atoms with Crippen LogP contribution in [0, 0.1) is 5.82 Å². The minimum atomic E-state index is -0.503. The van der Waals surface area contributed by atoms with Gasteiger partial charge >= 0.3 is 0 Å². The normalized spacial score (nSPS) is 19.2. The quantitative estimate of drug-likeness (QED) is 0.684. The van der Waals surface area contributed by atoms with E-state index in [-0.39, 0.29) is 11.7 Å². The number of likely N-dealkylation sites (tertiary alicyclic amines) is 1. The number of benzene rings is 2. The third-order valence-electron chi connectivity index (χ3n) is 5.34. The average molecular weight is 416 g/mol. The van der Waals surface area contributed by atoms with Crippen LogP contribution in [0.1, 0.15) is 48.7 Å². The molecule has 2 heterocycles. The summed E-state index contributed by atoms with van der Waals surface area (Å²) in [7, 11) is 0. The number of thioether (sulfide) groups is 1. The van der Waals surface area contributed by atoms with Gasteiger partial charge in [0.2, 0.25) is 12.2 Å². The van der Waals surface area contributed by atoms with Gasteiger partial charge in [-0.2, -0.15) is 0 Å². The van der Waals surface area contributed by atoms with Gasteiger partial charge in [0, 0.05) is 35.5 Å². The first-order valence-corrected chi connectivity index (χ1v) is 11.4. The highest BCUT2D eigenvalue weighted by molar-refractivity contribution is 7.99. The molecule has 4 nitrogen and oxygen atoms in total. The summed E-state index contributed by atoms with van der Waals surface area (Å²) in [4.78, 5) is 14.5. The maximum atomic E-state index is 14.1. The van der Waals surface area contributed by atoms with E-state index in [0.29, 0.717) is 29.4 Å². The summed E-state index contributed by atoms with van der Waals surface area (Å²) in [5.41, 5.74) is 2.42. The van der Waals surface area contributed by atoms with E-state index in [9.17, 15) is 9.18 Å². The maximum Gasteiger partial charge on any atom is 0.232 e. The Morgan fingerprint density at radius 2 is 1.86 bits per heavy atom. The molecule has 2 aliphatic rings. The van der Waals surface area contributed by atoms with Gasteiger partial charge in [-0.25, -0.2) is 4.39 Å². The fourth-order valence-corrected chi connectivity index (χ4v) is 4.71. The second-order valence-electron chi connectivity index (χ2n) is 7.51. The summed E-state index contributed by atoms with van der Waals surface area (Å²) in [6, 6.07) is 12.7. The zero-order valence-electron chi connectivity index (χ0n) is 16.4. The first-order chi connectivity index (χ1) is 14.2. The van der Waals surface area contributed by atoms with Gasteiger partial charge in [-0.1, -0.05) is 43.2 Å². The van der Waals surface area contributed by atoms with Crippen molar-refractivity contribution >= 4 is 17.7 Å². The van der Waals surface area contributed by atoms with Crippen molar-refractivity contribution in [3.8, 4) is 5.75 Å². The Kier molecular flexibility index (Phi) is 6.72. The molecule has 0 aromatic heterocycles. The Hall–Kier alpha value is -2.05. The Morgan fingerprint density at radius 3 is 2.62 bits per heavy atom. The van der Waals surface area contributed by atoms with E-state index < -0.39 is 6.29 Å². The molecule has 1 fully saturated rings. The molecule has 6 heteroatoms. The van der Waals surface area contributed by atoms with Crippen LogP contribution in [0.3, 0.4) is 0 Å². The molecule has 0 aliphatic carbocycles. The van der Waals surface area contributed by atoms with Crippen molar-refractivity contribution < 1.29 is 18.7 Å². The minimum absolute atomic E-state index is 0.175. The molecule has 0 unspecified atom stereocenters. The van der Waals surface area contributed by atoms with Gasteiger partial charge < -0.3 is 14.4 Å². The highest BCUT2D eigenvalue weighted by Crippen LogP contribution is 2.38. The zero-order chi connectivity index (χ0) is 20.1. The lowest BCUT2D eigenvalue weighted by Crippen LogP contribution is -2.33. The maximum absolute atomic E-state index is 14.1. The van der Waals surface area contributed by atoms with Gasteiger partial charge in [0.25, 0.3) is 0 Å². The number of rotatable bonds is 5. The topological polar surface area (TPSA) is 38.8 Å². The SMILES string of the molecule is O=C(CSCc1cc(F)cc2c1O[C@H](c1ccccc1)OC2)N1CCCCCC1. The largest absolute Gasteiger partial charge is 0.460 e. The van der Waals surface area contributed by atoms with Gasteiger partial charge in [-0.05, 0) is 25.0 Å². The number of ether oxygens (including phenoxy) is 2. The molecule has 154 valence electrons. The number of amides is 1. The van der Waals surface area contributed by atoms with Crippen molar-refractivity contribution in [3.63, 3.8) is 0 Å². The van der Waals surface area contributed by atoms with Gasteiger partial charge in [0.1, 0.15) is 11.6 Å². The third-order valence-corrected chi connectivity index (χ3v) is 6.30. The molecule has 2 aliphatic heterocycles. The predicted molar refractivity (Wildman–Crippen MR) is 112 cm³/mol. The summed E-state index contributed by atoms with van der Waals surface area (Å²) in [5, 5.41) is 0. The molecule has 0 N–H and O–H groups in total. The number of carbonyl (C=O) groups is 1. The van der Waals surface area contributed by atoms with Crippen LogP contribution in [0.5, 0.6) is 5.75 Å². The standard InChI is InChI=1S/C23H26FNO3S/c24-20-12-18-14-27-23(17-8-4-3-5-9-17)28-22(18)19(13-20)15-29-16-21(26)25-10-6-1-2-7-11-25/h3-5,8-9,12-13,23H,1-2,6-7,10-11,14-16H2/t23-/m1/s1. The van der Waals surface area contributed by atoms with Crippen molar-refractivity contribution in [2.75, 3.05) is 18.8 Å². The minimum Gasteiger partial charge on any atom is -0.460 e. The molecule has 4 rings (SSSR count). The van der Waals surface area contributed by atoms with Crippen molar-refractivity contribution in [2.24, 2.45) is 0 Å². The van der Waals surface area contributed by atoms with Crippen LogP contribution in [0.15, 0.2) is 42.5 Å². The Bertz CT molecular complexity index is 838. The van der Waals surface area contributed by atoms with Gasteiger partial charge in [0.15, 0.2) is 0 Å². The van der Waals surface area contributed by atoms with E-state index in [4.69, 9.17) is 9.47 Å². The lowest BCUT2D eigenvalue weighted by Gasteiger charge is -2.28. The van der Waals surface area contributed by atoms with Crippen LogP contribution in [0.2, 0.25) is 0 Å². The summed E-state index contributed by atoms with van der Waals surface area (Å²) in [6.45, 7) is 2.01. The third kappa shape index (κ3) is 5.11. The fourth-order valence-electron chi connectivity index (χ4n) is 3.82. The van der Waals surface area contributed by atoms with E-state index in [2.05, 4.69) is 0 Å². The lowest BCUT2D eigenvalue weighted by atomic mass is 10.1. The van der Waals surface area contributed by atoms with Crippen molar-refractivity contribution in [1.82, 2.24) is 4.90 Å². The highest BCUT2D eigenvalue weighted by Gasteiger charge is 2.25. The summed E-state index contributed by atoms with van der Waals surface area (Å²) < 4.78 is 26.0. The van der Waals surface area contributed by atoms with E-state index >= 15 is 0 Å². The molecular weight excluding hydrogens is 389 g/mol. The Balaban J connectivity index is 1.41. The van der Waals surface area contributed by atoms with E-state index in [0.717, 1.165) is 37.1 Å².